The third-order valence-corrected chi connectivity index (χ3v) is 17.6. The second kappa shape index (κ2) is 12.7. The van der Waals surface area contributed by atoms with Gasteiger partial charge in [-0.2, -0.15) is 0 Å². The molecule has 54 heavy (non-hydrogen) atoms. The van der Waals surface area contributed by atoms with E-state index in [-0.39, 0.29) is 52.1 Å². The lowest BCUT2D eigenvalue weighted by Crippen LogP contribution is -2.64. The van der Waals surface area contributed by atoms with Gasteiger partial charge in [0.1, 0.15) is 36.6 Å². The molecule has 5 saturated carbocycles. The quantitative estimate of drug-likeness (QED) is 0.182. The summed E-state index contributed by atoms with van der Waals surface area (Å²) in [5, 5.41) is 88.1. The molecule has 0 aromatic heterocycles. The van der Waals surface area contributed by atoms with Crippen molar-refractivity contribution in [2.75, 3.05) is 6.61 Å². The lowest BCUT2D eigenvalue weighted by molar-refractivity contribution is -0.364. The normalized spacial score (nSPS) is 59.6. The van der Waals surface area contributed by atoms with E-state index in [1.165, 1.54) is 6.92 Å². The highest BCUT2D eigenvalue weighted by Gasteiger charge is 2.85. The molecule has 13 nitrogen and oxygen atoms in total. The topological polar surface area (TPSA) is 208 Å². The molecule has 310 valence electrons. The van der Waals surface area contributed by atoms with Crippen LogP contribution < -0.4 is 0 Å². The summed E-state index contributed by atoms with van der Waals surface area (Å²) in [5.41, 5.74) is -2.51. The molecule has 5 aliphatic carbocycles. The summed E-state index contributed by atoms with van der Waals surface area (Å²) in [5.74, 6) is 0.0751. The lowest BCUT2D eigenvalue weighted by Gasteiger charge is -2.64. The van der Waals surface area contributed by atoms with Crippen molar-refractivity contribution in [3.05, 3.63) is 0 Å². The van der Waals surface area contributed by atoms with Crippen molar-refractivity contribution in [2.45, 2.75) is 204 Å². The molecule has 3 aliphatic heterocycles. The van der Waals surface area contributed by atoms with Crippen molar-refractivity contribution < 1.29 is 64.5 Å². The largest absolute Gasteiger partial charge is 0.393 e. The van der Waals surface area contributed by atoms with Gasteiger partial charge in [0.2, 0.25) is 0 Å². The number of rotatable bonds is 6. The van der Waals surface area contributed by atoms with Crippen LogP contribution in [0.2, 0.25) is 0 Å². The molecule has 3 heterocycles. The van der Waals surface area contributed by atoms with E-state index >= 15 is 0 Å². The molecule has 0 radical (unpaired) electrons. The Hall–Kier alpha value is -0.520. The summed E-state index contributed by atoms with van der Waals surface area (Å²) in [4.78, 5) is 0. The van der Waals surface area contributed by atoms with Gasteiger partial charge in [-0.15, -0.1) is 0 Å². The monoisotopic (exact) mass is 768 g/mol. The van der Waals surface area contributed by atoms with Crippen LogP contribution in [0.3, 0.4) is 0 Å². The second-order valence-corrected chi connectivity index (χ2v) is 21.0. The van der Waals surface area contributed by atoms with Crippen molar-refractivity contribution in [1.29, 1.82) is 0 Å². The van der Waals surface area contributed by atoms with Crippen molar-refractivity contribution in [2.24, 2.45) is 44.8 Å². The van der Waals surface area contributed by atoms with Gasteiger partial charge < -0.3 is 64.5 Å². The predicted octanol–water partition coefficient (Wildman–Crippen LogP) is 1.75. The van der Waals surface area contributed by atoms with E-state index in [1.807, 2.05) is 0 Å². The first kappa shape index (κ1) is 40.3. The molecule has 8 fully saturated rings. The van der Waals surface area contributed by atoms with Gasteiger partial charge in [0.25, 0.3) is 0 Å². The minimum Gasteiger partial charge on any atom is -0.393 e. The summed E-state index contributed by atoms with van der Waals surface area (Å²) < 4.78 is 31.1. The molecule has 4 unspecified atom stereocenters. The minimum absolute atomic E-state index is 0.0406. The molecule has 8 N–H and O–H groups in total. The van der Waals surface area contributed by atoms with Crippen LogP contribution in [0.1, 0.15) is 113 Å². The Morgan fingerprint density at radius 3 is 2.06 bits per heavy atom. The van der Waals surface area contributed by atoms with E-state index in [9.17, 15) is 40.9 Å². The van der Waals surface area contributed by atoms with Crippen molar-refractivity contribution >= 4 is 0 Å². The van der Waals surface area contributed by atoms with Gasteiger partial charge in [-0.05, 0) is 124 Å². The van der Waals surface area contributed by atoms with Gasteiger partial charge in [-0.25, -0.2) is 0 Å². The van der Waals surface area contributed by atoms with Crippen LogP contribution in [0.15, 0.2) is 0 Å². The second-order valence-electron chi connectivity index (χ2n) is 21.0. The van der Waals surface area contributed by atoms with Gasteiger partial charge in [0, 0.05) is 5.92 Å². The molecule has 8 rings (SSSR count). The Labute approximate surface area is 319 Å². The summed E-state index contributed by atoms with van der Waals surface area (Å²) >= 11 is 0. The molecule has 13 heteroatoms. The highest BCUT2D eigenvalue weighted by atomic mass is 16.8. The Bertz CT molecular complexity index is 1440. The highest BCUT2D eigenvalue weighted by molar-refractivity contribution is 5.33. The number of hydrogen-bond donors (Lipinski definition) is 8. The zero-order valence-electron chi connectivity index (χ0n) is 33.4. The Balaban J connectivity index is 1.02. The first-order valence-electron chi connectivity index (χ1n) is 20.7. The third kappa shape index (κ3) is 5.43. The number of fused-ring (bicyclic) bond motifs is 2. The zero-order chi connectivity index (χ0) is 39.3. The standard InChI is InChI=1S/C41H68O13/c1-19-26(45)28(47)29(48)33(51-19)53-30-27(46)22(44)17-50-34(30)52-24-10-12-41-18-40(41)14-13-37(6)32(39(8)11-9-25(54-39)36(4,5)49)21(43)16-38(37,7)23(40)15-20(42)31(41)35(24,2)3/h19-34,42-49H,9-18H2,1-8H3/t19-,20?,21?,22+,23-,24?,25?,26-,27-,28+,29+,30+,31-,32-,33-,34-,37+,38-,39-,40+,41+/m0/s1. The average Bonchev–Trinajstić information content (AvgIpc) is 3.43. The predicted molar refractivity (Wildman–Crippen MR) is 192 cm³/mol. The summed E-state index contributed by atoms with van der Waals surface area (Å²) in [6.07, 6.45) is -6.31. The molecule has 21 atom stereocenters. The van der Waals surface area contributed by atoms with E-state index in [0.717, 1.165) is 38.5 Å². The lowest BCUT2D eigenvalue weighted by atomic mass is 9.41. The first-order valence-corrected chi connectivity index (χ1v) is 20.7. The van der Waals surface area contributed by atoms with E-state index in [1.54, 1.807) is 13.8 Å². The van der Waals surface area contributed by atoms with Gasteiger partial charge >= 0.3 is 0 Å². The molecule has 0 amide bonds. The molecule has 8 aliphatic rings. The van der Waals surface area contributed by atoms with Crippen LogP contribution in [0.25, 0.3) is 0 Å². The maximum Gasteiger partial charge on any atom is 0.187 e. The SMILES string of the molecule is C[C@@H]1O[C@@H](O[C@H]2[C@H](OC3CC[C@]45C[C@@]46CC[C@]4(C)[C@@H]([C@]7(C)CCC(C(C)(C)O)O7)C(O)C[C@@]4(C)[C@@H]6CC(O)[C@H]5C3(C)C)OC[C@@H](O)[C@@H]2O)[C@H](O)[C@H](O)[C@H]1O. The van der Waals surface area contributed by atoms with Gasteiger partial charge in [0.15, 0.2) is 12.6 Å². The first-order chi connectivity index (χ1) is 25.0. The number of hydrogen-bond acceptors (Lipinski definition) is 13. The van der Waals surface area contributed by atoms with E-state index in [4.69, 9.17) is 23.7 Å². The summed E-state index contributed by atoms with van der Waals surface area (Å²) in [6.45, 7) is 16.1. The van der Waals surface area contributed by atoms with Crippen molar-refractivity contribution in [3.8, 4) is 0 Å². The minimum atomic E-state index is -1.61. The van der Waals surface area contributed by atoms with Crippen LogP contribution in [0.4, 0.5) is 0 Å². The van der Waals surface area contributed by atoms with E-state index in [0.29, 0.717) is 19.3 Å². The third-order valence-electron chi connectivity index (χ3n) is 17.6. The smallest absolute Gasteiger partial charge is 0.187 e. The molecular weight excluding hydrogens is 700 g/mol. The Morgan fingerprint density at radius 1 is 0.685 bits per heavy atom. The van der Waals surface area contributed by atoms with Gasteiger partial charge in [0.05, 0.1) is 48.3 Å². The number of aliphatic hydroxyl groups excluding tert-OH is 7. The van der Waals surface area contributed by atoms with Crippen LogP contribution in [-0.4, -0.2) is 138 Å². The Morgan fingerprint density at radius 2 is 1.39 bits per heavy atom. The van der Waals surface area contributed by atoms with Crippen LogP contribution in [0, 0.1) is 44.8 Å². The average molecular weight is 769 g/mol. The zero-order valence-corrected chi connectivity index (χ0v) is 33.4. The molecule has 0 bridgehead atoms. The van der Waals surface area contributed by atoms with Crippen LogP contribution in [0.5, 0.6) is 0 Å². The fraction of sp³-hybridized carbons (Fsp3) is 1.00. The van der Waals surface area contributed by atoms with Gasteiger partial charge in [-0.3, -0.25) is 0 Å². The fourth-order valence-electron chi connectivity index (χ4n) is 14.8. The Kier molecular flexibility index (Phi) is 9.50. The van der Waals surface area contributed by atoms with Crippen molar-refractivity contribution in [3.63, 3.8) is 0 Å². The maximum absolute atomic E-state index is 12.4. The molecule has 2 spiro atoms. The molecule has 0 aromatic carbocycles. The van der Waals surface area contributed by atoms with Crippen LogP contribution >= 0.6 is 0 Å². The molecule has 3 saturated heterocycles. The molecule has 0 aromatic rings. The van der Waals surface area contributed by atoms with E-state index in [2.05, 4.69) is 34.6 Å². The van der Waals surface area contributed by atoms with E-state index < -0.39 is 90.2 Å². The van der Waals surface area contributed by atoms with Gasteiger partial charge in [-0.1, -0.05) is 27.7 Å². The molecular formula is C41H68O13. The summed E-state index contributed by atoms with van der Waals surface area (Å²) in [7, 11) is 0. The van der Waals surface area contributed by atoms with Crippen LogP contribution in [-0.2, 0) is 23.7 Å². The summed E-state index contributed by atoms with van der Waals surface area (Å²) in [6, 6.07) is 0. The number of ether oxygens (including phenoxy) is 5. The highest BCUT2D eigenvalue weighted by Crippen LogP contribution is 2.89. The van der Waals surface area contributed by atoms with Crippen molar-refractivity contribution in [1.82, 2.24) is 0 Å². The number of aliphatic hydroxyl groups is 8. The fourth-order valence-corrected chi connectivity index (χ4v) is 14.8. The maximum atomic E-state index is 12.4.